The molecule has 0 aliphatic carbocycles. The van der Waals surface area contributed by atoms with E-state index in [1.54, 1.807) is 12.0 Å². The van der Waals surface area contributed by atoms with Gasteiger partial charge in [-0.25, -0.2) is 0 Å². The SMILES string of the molecule is CCCN(CCC)C(=O)c1cc(C(N)=O)cc(C(=O)N[C@@H](Cc2ccc(OC)cc2)[C@H](O)CNCCC(C)C)c1. The molecule has 5 N–H and O–H groups in total. The second-order valence-corrected chi connectivity index (χ2v) is 10.5. The van der Waals surface area contributed by atoms with Crippen molar-refractivity contribution in [3.05, 3.63) is 64.7 Å². The fourth-order valence-electron chi connectivity index (χ4n) is 4.40. The Morgan fingerprint density at radius 1 is 0.975 bits per heavy atom. The molecule has 2 aromatic rings. The molecule has 9 nitrogen and oxygen atoms in total. The number of carbonyl (C=O) groups excluding carboxylic acids is 3. The molecule has 0 saturated carbocycles. The molecule has 0 bridgehead atoms. The van der Waals surface area contributed by atoms with Crippen LogP contribution in [0.5, 0.6) is 5.75 Å². The van der Waals surface area contributed by atoms with Crippen LogP contribution in [0.4, 0.5) is 0 Å². The zero-order valence-corrected chi connectivity index (χ0v) is 24.5. The first kappa shape index (κ1) is 32.8. The minimum atomic E-state index is -0.886. The van der Waals surface area contributed by atoms with Crippen molar-refractivity contribution in [3.63, 3.8) is 0 Å². The topological polar surface area (TPSA) is 134 Å². The first-order chi connectivity index (χ1) is 19.1. The molecule has 2 rings (SSSR count). The predicted molar refractivity (Wildman–Crippen MR) is 158 cm³/mol. The van der Waals surface area contributed by atoms with Crippen molar-refractivity contribution in [2.45, 2.75) is 65.5 Å². The Hall–Kier alpha value is -3.43. The maximum Gasteiger partial charge on any atom is 0.253 e. The summed E-state index contributed by atoms with van der Waals surface area (Å²) in [6.07, 6.45) is 2.01. The zero-order chi connectivity index (χ0) is 29.7. The third kappa shape index (κ3) is 10.3. The van der Waals surface area contributed by atoms with Gasteiger partial charge in [-0.05, 0) is 74.0 Å². The van der Waals surface area contributed by atoms with Gasteiger partial charge in [0.25, 0.3) is 11.8 Å². The number of methoxy groups -OCH3 is 1. The van der Waals surface area contributed by atoms with E-state index in [2.05, 4.69) is 24.5 Å². The van der Waals surface area contributed by atoms with Crippen LogP contribution in [0.15, 0.2) is 42.5 Å². The number of nitrogens with two attached hydrogens (primary N) is 1. The molecule has 2 atom stereocenters. The average molecular weight is 555 g/mol. The summed E-state index contributed by atoms with van der Waals surface area (Å²) in [6.45, 7) is 10.4. The van der Waals surface area contributed by atoms with Gasteiger partial charge in [0, 0.05) is 36.3 Å². The highest BCUT2D eigenvalue weighted by atomic mass is 16.5. The zero-order valence-electron chi connectivity index (χ0n) is 24.5. The van der Waals surface area contributed by atoms with Gasteiger partial charge in [0.15, 0.2) is 0 Å². The summed E-state index contributed by atoms with van der Waals surface area (Å²) in [5.41, 5.74) is 6.90. The molecule has 2 aromatic carbocycles. The van der Waals surface area contributed by atoms with E-state index in [0.29, 0.717) is 37.7 Å². The van der Waals surface area contributed by atoms with Crippen LogP contribution in [0.3, 0.4) is 0 Å². The molecule has 0 fully saturated rings. The number of nitrogens with one attached hydrogen (secondary N) is 2. The molecule has 0 aromatic heterocycles. The molecule has 0 spiro atoms. The second kappa shape index (κ2) is 16.6. The van der Waals surface area contributed by atoms with Gasteiger partial charge in [-0.2, -0.15) is 0 Å². The molecule has 0 aliphatic rings. The molecular formula is C31H46N4O5. The minimum Gasteiger partial charge on any atom is -0.497 e. The van der Waals surface area contributed by atoms with Crippen LogP contribution in [-0.2, 0) is 6.42 Å². The van der Waals surface area contributed by atoms with Crippen LogP contribution < -0.4 is 21.1 Å². The van der Waals surface area contributed by atoms with E-state index in [0.717, 1.165) is 31.4 Å². The third-order valence-electron chi connectivity index (χ3n) is 6.65. The molecule has 0 saturated heterocycles. The Bertz CT molecular complexity index is 1100. The summed E-state index contributed by atoms with van der Waals surface area (Å²) in [5.74, 6) is -0.259. The second-order valence-electron chi connectivity index (χ2n) is 10.5. The van der Waals surface area contributed by atoms with Crippen LogP contribution >= 0.6 is 0 Å². The van der Waals surface area contributed by atoms with Gasteiger partial charge in [0.1, 0.15) is 5.75 Å². The molecule has 3 amide bonds. The van der Waals surface area contributed by atoms with Gasteiger partial charge >= 0.3 is 0 Å². The normalized spacial score (nSPS) is 12.6. The van der Waals surface area contributed by atoms with Crippen LogP contribution in [-0.4, -0.2) is 73.2 Å². The number of aliphatic hydroxyl groups is 1. The highest BCUT2D eigenvalue weighted by Crippen LogP contribution is 2.17. The van der Waals surface area contributed by atoms with Crippen molar-refractivity contribution in [3.8, 4) is 5.75 Å². The van der Waals surface area contributed by atoms with Gasteiger partial charge in [0.2, 0.25) is 5.91 Å². The Kier molecular flexibility index (Phi) is 13.6. The van der Waals surface area contributed by atoms with Gasteiger partial charge < -0.3 is 31.1 Å². The predicted octanol–water partition coefficient (Wildman–Crippen LogP) is 3.39. The number of carbonyl (C=O) groups is 3. The Morgan fingerprint density at radius 2 is 1.57 bits per heavy atom. The largest absolute Gasteiger partial charge is 0.497 e. The van der Waals surface area contributed by atoms with Gasteiger partial charge in [-0.3, -0.25) is 14.4 Å². The Balaban J connectivity index is 2.33. The molecule has 220 valence electrons. The number of primary amides is 1. The summed E-state index contributed by atoms with van der Waals surface area (Å²) in [5, 5.41) is 17.3. The quantitative estimate of drug-likeness (QED) is 0.222. The number of hydrogen-bond acceptors (Lipinski definition) is 6. The molecule has 0 heterocycles. The molecule has 9 heteroatoms. The van der Waals surface area contributed by atoms with E-state index in [4.69, 9.17) is 10.5 Å². The number of aliphatic hydroxyl groups excluding tert-OH is 1. The average Bonchev–Trinajstić information content (AvgIpc) is 2.94. The van der Waals surface area contributed by atoms with E-state index in [9.17, 15) is 19.5 Å². The van der Waals surface area contributed by atoms with Crippen LogP contribution in [0.1, 0.15) is 83.6 Å². The maximum atomic E-state index is 13.5. The number of hydrogen-bond donors (Lipinski definition) is 4. The fourth-order valence-corrected chi connectivity index (χ4v) is 4.40. The molecule has 0 aliphatic heterocycles. The van der Waals surface area contributed by atoms with Crippen molar-refractivity contribution in [1.29, 1.82) is 0 Å². The summed E-state index contributed by atoms with van der Waals surface area (Å²) in [7, 11) is 1.59. The van der Waals surface area contributed by atoms with E-state index >= 15 is 0 Å². The van der Waals surface area contributed by atoms with E-state index in [1.165, 1.54) is 18.2 Å². The Labute approximate surface area is 238 Å². The lowest BCUT2D eigenvalue weighted by Gasteiger charge is -2.25. The lowest BCUT2D eigenvalue weighted by atomic mass is 9.99. The number of ether oxygens (including phenoxy) is 1. The number of benzene rings is 2. The van der Waals surface area contributed by atoms with E-state index in [-0.39, 0.29) is 22.6 Å². The monoisotopic (exact) mass is 554 g/mol. The standard InChI is InChI=1S/C31H46N4O5/c1-6-14-35(15-7-2)31(39)25-18-23(29(32)37)17-24(19-25)30(38)34-27(28(36)20-33-13-12-21(3)4)16-22-8-10-26(40-5)11-9-22/h8-11,17-19,21,27-28,33,36H,6-7,12-16,20H2,1-5H3,(H2,32,37)(H,34,38)/t27-,28+/m0/s1. The smallest absolute Gasteiger partial charge is 0.253 e. The number of amides is 3. The summed E-state index contributed by atoms with van der Waals surface area (Å²) < 4.78 is 5.24. The minimum absolute atomic E-state index is 0.0755. The third-order valence-corrected chi connectivity index (χ3v) is 6.65. The van der Waals surface area contributed by atoms with Gasteiger partial charge in [-0.15, -0.1) is 0 Å². The maximum absolute atomic E-state index is 13.5. The van der Waals surface area contributed by atoms with Crippen LogP contribution in [0, 0.1) is 5.92 Å². The molecule has 0 radical (unpaired) electrons. The lowest BCUT2D eigenvalue weighted by molar-refractivity contribution is 0.0755. The van der Waals surface area contributed by atoms with Crippen molar-refractivity contribution < 1.29 is 24.2 Å². The highest BCUT2D eigenvalue weighted by molar-refractivity contribution is 6.04. The van der Waals surface area contributed by atoms with Crippen molar-refractivity contribution >= 4 is 17.7 Å². The van der Waals surface area contributed by atoms with Crippen molar-refractivity contribution in [2.75, 3.05) is 33.3 Å². The summed E-state index contributed by atoms with van der Waals surface area (Å²) >= 11 is 0. The summed E-state index contributed by atoms with van der Waals surface area (Å²) in [6, 6.07) is 11.1. The fraction of sp³-hybridized carbons (Fsp3) is 0.516. The first-order valence-corrected chi connectivity index (χ1v) is 14.2. The van der Waals surface area contributed by atoms with Crippen molar-refractivity contribution in [1.82, 2.24) is 15.5 Å². The summed E-state index contributed by atoms with van der Waals surface area (Å²) in [4.78, 5) is 40.6. The van der Waals surface area contributed by atoms with Crippen LogP contribution in [0.2, 0.25) is 0 Å². The van der Waals surface area contributed by atoms with Gasteiger partial charge in [-0.1, -0.05) is 39.8 Å². The first-order valence-electron chi connectivity index (χ1n) is 14.2. The van der Waals surface area contributed by atoms with E-state index in [1.807, 2.05) is 38.1 Å². The molecular weight excluding hydrogens is 508 g/mol. The van der Waals surface area contributed by atoms with E-state index < -0.39 is 24.0 Å². The van der Waals surface area contributed by atoms with Crippen LogP contribution in [0.25, 0.3) is 0 Å². The van der Waals surface area contributed by atoms with Gasteiger partial charge in [0.05, 0.1) is 19.3 Å². The number of nitrogens with zero attached hydrogens (tertiary/aromatic N) is 1. The highest BCUT2D eigenvalue weighted by Gasteiger charge is 2.24. The Morgan fingerprint density at radius 3 is 2.12 bits per heavy atom. The van der Waals surface area contributed by atoms with Crippen molar-refractivity contribution in [2.24, 2.45) is 11.7 Å². The lowest BCUT2D eigenvalue weighted by Crippen LogP contribution is -2.49. The number of rotatable bonds is 17. The molecule has 0 unspecified atom stereocenters. The molecule has 40 heavy (non-hydrogen) atoms.